The molecular weight excluding hydrogens is 282 g/mol. The molecule has 0 aromatic carbocycles. The molecule has 1 N–H and O–H groups in total. The number of pyridine rings is 1. The highest BCUT2D eigenvalue weighted by Crippen LogP contribution is 2.28. The fourth-order valence-corrected chi connectivity index (χ4v) is 3.27. The van der Waals surface area contributed by atoms with Crippen molar-refractivity contribution in [3.8, 4) is 0 Å². The van der Waals surface area contributed by atoms with Gasteiger partial charge in [-0.05, 0) is 50.3 Å². The molecule has 118 valence electrons. The lowest BCUT2D eigenvalue weighted by molar-refractivity contribution is 0.431. The third kappa shape index (κ3) is 4.58. The van der Waals surface area contributed by atoms with Gasteiger partial charge in [-0.3, -0.25) is 0 Å². The van der Waals surface area contributed by atoms with Gasteiger partial charge in [-0.25, -0.2) is 4.98 Å². The van der Waals surface area contributed by atoms with Gasteiger partial charge < -0.3 is 10.2 Å². The first-order valence-corrected chi connectivity index (χ1v) is 8.75. The first-order valence-electron chi connectivity index (χ1n) is 8.38. The fraction of sp³-hybridized carbons (Fsp3) is 0.706. The monoisotopic (exact) mass is 309 g/mol. The van der Waals surface area contributed by atoms with Crippen molar-refractivity contribution in [3.05, 3.63) is 22.8 Å². The van der Waals surface area contributed by atoms with E-state index in [-0.39, 0.29) is 0 Å². The third-order valence-corrected chi connectivity index (χ3v) is 4.55. The molecule has 1 aromatic rings. The maximum atomic E-state index is 6.29. The van der Waals surface area contributed by atoms with Crippen molar-refractivity contribution in [1.82, 2.24) is 10.3 Å². The van der Waals surface area contributed by atoms with Gasteiger partial charge in [0.2, 0.25) is 0 Å². The molecule has 21 heavy (non-hydrogen) atoms. The number of piperidine rings is 1. The van der Waals surface area contributed by atoms with Crippen LogP contribution in [0.25, 0.3) is 0 Å². The van der Waals surface area contributed by atoms with Crippen LogP contribution in [0.5, 0.6) is 0 Å². The lowest BCUT2D eigenvalue weighted by Gasteiger charge is -2.37. The second kappa shape index (κ2) is 8.60. The van der Waals surface area contributed by atoms with E-state index in [0.717, 1.165) is 42.5 Å². The number of hydrogen-bond donors (Lipinski definition) is 1. The summed E-state index contributed by atoms with van der Waals surface area (Å²) in [6.07, 6.45) is 9.36. The molecule has 0 saturated carbocycles. The Morgan fingerprint density at radius 3 is 2.95 bits per heavy atom. The smallest absolute Gasteiger partial charge is 0.129 e. The Morgan fingerprint density at radius 2 is 2.19 bits per heavy atom. The summed E-state index contributed by atoms with van der Waals surface area (Å²) >= 11 is 6.29. The van der Waals surface area contributed by atoms with Crippen molar-refractivity contribution < 1.29 is 0 Å². The van der Waals surface area contributed by atoms with Gasteiger partial charge in [0, 0.05) is 25.3 Å². The molecule has 1 unspecified atom stereocenters. The lowest BCUT2D eigenvalue weighted by Crippen LogP contribution is -2.40. The van der Waals surface area contributed by atoms with Crippen LogP contribution in [0.3, 0.4) is 0 Å². The summed E-state index contributed by atoms with van der Waals surface area (Å²) in [5.74, 6) is 1.10. The quantitative estimate of drug-likeness (QED) is 0.757. The number of nitrogens with one attached hydrogen (secondary N) is 1. The standard InChI is InChI=1S/C17H28ClN3/c1-3-7-15-8-5-6-10-21(15)17-11-14(12-19-9-4-2)16(18)13-20-17/h11,13,15,19H,3-10,12H2,1-2H3. The number of halogens is 1. The van der Waals surface area contributed by atoms with E-state index in [1.165, 1.54) is 32.1 Å². The first kappa shape index (κ1) is 16.6. The SMILES string of the molecule is CCCNCc1cc(N2CCCCC2CCC)ncc1Cl. The number of anilines is 1. The van der Waals surface area contributed by atoms with Crippen molar-refractivity contribution in [3.63, 3.8) is 0 Å². The zero-order valence-corrected chi connectivity index (χ0v) is 14.1. The second-order valence-electron chi connectivity index (χ2n) is 5.94. The summed E-state index contributed by atoms with van der Waals surface area (Å²) in [5.41, 5.74) is 1.16. The highest BCUT2D eigenvalue weighted by Gasteiger charge is 2.23. The van der Waals surface area contributed by atoms with Gasteiger partial charge in [0.05, 0.1) is 5.02 Å². The average Bonchev–Trinajstić information content (AvgIpc) is 2.50. The van der Waals surface area contributed by atoms with Crippen molar-refractivity contribution >= 4 is 17.4 Å². The molecule has 3 nitrogen and oxygen atoms in total. The largest absolute Gasteiger partial charge is 0.354 e. The summed E-state index contributed by atoms with van der Waals surface area (Å²) in [6.45, 7) is 7.42. The Morgan fingerprint density at radius 1 is 1.33 bits per heavy atom. The van der Waals surface area contributed by atoms with Gasteiger partial charge in [0.1, 0.15) is 5.82 Å². The van der Waals surface area contributed by atoms with Crippen molar-refractivity contribution in [2.45, 2.75) is 65.0 Å². The van der Waals surface area contributed by atoms with Crippen LogP contribution in [0.2, 0.25) is 5.02 Å². The molecule has 1 fully saturated rings. The zero-order chi connectivity index (χ0) is 15.1. The van der Waals surface area contributed by atoms with Gasteiger partial charge >= 0.3 is 0 Å². The lowest BCUT2D eigenvalue weighted by atomic mass is 9.98. The van der Waals surface area contributed by atoms with E-state index in [4.69, 9.17) is 11.6 Å². The molecular formula is C17H28ClN3. The van der Waals surface area contributed by atoms with E-state index in [1.807, 2.05) is 6.20 Å². The minimum Gasteiger partial charge on any atom is -0.354 e. The van der Waals surface area contributed by atoms with Gasteiger partial charge in [0.25, 0.3) is 0 Å². The minimum absolute atomic E-state index is 0.647. The molecule has 2 rings (SSSR count). The number of hydrogen-bond acceptors (Lipinski definition) is 3. The number of aromatic nitrogens is 1. The molecule has 1 aliphatic heterocycles. The van der Waals surface area contributed by atoms with Crippen LogP contribution in [0.4, 0.5) is 5.82 Å². The Bertz CT molecular complexity index is 434. The molecule has 1 saturated heterocycles. The Labute approximate surface area is 134 Å². The summed E-state index contributed by atoms with van der Waals surface area (Å²) in [7, 11) is 0. The van der Waals surface area contributed by atoms with E-state index in [0.29, 0.717) is 6.04 Å². The molecule has 0 spiro atoms. The van der Waals surface area contributed by atoms with Gasteiger partial charge in [0.15, 0.2) is 0 Å². The van der Waals surface area contributed by atoms with Crippen LogP contribution < -0.4 is 10.2 Å². The summed E-state index contributed by atoms with van der Waals surface area (Å²) in [6, 6.07) is 2.83. The van der Waals surface area contributed by atoms with Crippen LogP contribution in [0.15, 0.2) is 12.3 Å². The zero-order valence-electron chi connectivity index (χ0n) is 13.4. The van der Waals surface area contributed by atoms with E-state index in [1.54, 1.807) is 0 Å². The van der Waals surface area contributed by atoms with Crippen molar-refractivity contribution in [2.24, 2.45) is 0 Å². The van der Waals surface area contributed by atoms with Crippen LogP contribution in [0, 0.1) is 0 Å². The first-order chi connectivity index (χ1) is 10.3. The molecule has 0 aliphatic carbocycles. The molecule has 4 heteroatoms. The molecule has 0 radical (unpaired) electrons. The molecule has 0 amide bonds. The Kier molecular flexibility index (Phi) is 6.78. The Balaban J connectivity index is 2.12. The summed E-state index contributed by atoms with van der Waals surface area (Å²) < 4.78 is 0. The molecule has 1 atom stereocenters. The molecule has 1 aromatic heterocycles. The molecule has 1 aliphatic rings. The highest BCUT2D eigenvalue weighted by atomic mass is 35.5. The maximum absolute atomic E-state index is 6.29. The number of nitrogens with zero attached hydrogens (tertiary/aromatic N) is 2. The van der Waals surface area contributed by atoms with Gasteiger partial charge in [-0.1, -0.05) is 31.9 Å². The van der Waals surface area contributed by atoms with Crippen LogP contribution in [-0.2, 0) is 6.54 Å². The second-order valence-corrected chi connectivity index (χ2v) is 6.35. The van der Waals surface area contributed by atoms with Crippen LogP contribution >= 0.6 is 11.6 Å². The minimum atomic E-state index is 0.647. The predicted octanol–water partition coefficient (Wildman–Crippen LogP) is 4.39. The normalized spacial score (nSPS) is 19.0. The summed E-state index contributed by atoms with van der Waals surface area (Å²) in [4.78, 5) is 7.08. The fourth-order valence-electron chi connectivity index (χ4n) is 3.10. The van der Waals surface area contributed by atoms with Gasteiger partial charge in [-0.15, -0.1) is 0 Å². The maximum Gasteiger partial charge on any atom is 0.129 e. The molecule has 2 heterocycles. The van der Waals surface area contributed by atoms with Crippen molar-refractivity contribution in [1.29, 1.82) is 0 Å². The highest BCUT2D eigenvalue weighted by molar-refractivity contribution is 6.31. The Hall–Kier alpha value is -0.800. The van der Waals surface area contributed by atoms with Gasteiger partial charge in [-0.2, -0.15) is 0 Å². The predicted molar refractivity (Wildman–Crippen MR) is 91.1 cm³/mol. The van der Waals surface area contributed by atoms with E-state index in [9.17, 15) is 0 Å². The average molecular weight is 310 g/mol. The van der Waals surface area contributed by atoms with E-state index >= 15 is 0 Å². The van der Waals surface area contributed by atoms with Crippen LogP contribution in [0.1, 0.15) is 57.9 Å². The number of rotatable bonds is 7. The molecule has 0 bridgehead atoms. The van der Waals surface area contributed by atoms with E-state index < -0.39 is 0 Å². The topological polar surface area (TPSA) is 28.2 Å². The third-order valence-electron chi connectivity index (χ3n) is 4.21. The van der Waals surface area contributed by atoms with Crippen molar-refractivity contribution in [2.75, 3.05) is 18.0 Å². The summed E-state index contributed by atoms with van der Waals surface area (Å²) in [5, 5.41) is 4.20. The van der Waals surface area contributed by atoms with Crippen LogP contribution in [-0.4, -0.2) is 24.1 Å². The van der Waals surface area contributed by atoms with E-state index in [2.05, 4.69) is 35.1 Å².